The molecule has 0 aromatic rings. The van der Waals surface area contributed by atoms with Gasteiger partial charge in [-0.2, -0.15) is 12.6 Å². The average molecular weight is 94.1 g/mol. The molecule has 3 heteroatoms. The van der Waals surface area contributed by atoms with Gasteiger partial charge < -0.3 is 9.84 Å². The van der Waals surface area contributed by atoms with Crippen LogP contribution in [0.25, 0.3) is 0 Å². The third-order valence-corrected chi connectivity index (χ3v) is 0.365. The molecule has 0 fully saturated rings. The Bertz CT molecular complexity index is 15.1. The van der Waals surface area contributed by atoms with Crippen LogP contribution in [-0.4, -0.2) is 17.8 Å². The number of aliphatic hydroxyl groups is 1. The van der Waals surface area contributed by atoms with Gasteiger partial charge in [-0.3, -0.25) is 0 Å². The van der Waals surface area contributed by atoms with Gasteiger partial charge in [-0.25, -0.2) is 0 Å². The van der Waals surface area contributed by atoms with Gasteiger partial charge in [0.05, 0.1) is 5.94 Å². The summed E-state index contributed by atoms with van der Waals surface area (Å²) in [5.74, 6) is 0.288. The highest BCUT2D eigenvalue weighted by Gasteiger charge is 1.65. The molecule has 1 N–H and O–H groups in total. The van der Waals surface area contributed by atoms with Gasteiger partial charge in [-0.05, 0) is 0 Å². The van der Waals surface area contributed by atoms with Crippen LogP contribution in [0.1, 0.15) is 0 Å². The molecule has 0 rings (SSSR count). The molecule has 32 valence electrons. The van der Waals surface area contributed by atoms with Crippen molar-refractivity contribution < 1.29 is 9.84 Å². The number of ether oxygens (including phenoxy) is 1. The first-order chi connectivity index (χ1) is 2.41. The fourth-order valence-electron chi connectivity index (χ4n) is 0.0408. The van der Waals surface area contributed by atoms with E-state index in [1.54, 1.807) is 0 Å². The van der Waals surface area contributed by atoms with Crippen molar-refractivity contribution in [2.24, 2.45) is 0 Å². The molecule has 0 amide bonds. The lowest BCUT2D eigenvalue weighted by molar-refractivity contribution is 0.0246. The molecule has 0 aliphatic rings. The second kappa shape index (κ2) is 4.27. The molecule has 5 heavy (non-hydrogen) atoms. The second-order valence-electron chi connectivity index (χ2n) is 0.462. The minimum Gasteiger partial charge on any atom is -0.371 e. The molecule has 0 aliphatic carbocycles. The van der Waals surface area contributed by atoms with Gasteiger partial charge in [-0.1, -0.05) is 0 Å². The van der Waals surface area contributed by atoms with Crippen LogP contribution < -0.4 is 0 Å². The van der Waals surface area contributed by atoms with Crippen LogP contribution in [0.2, 0.25) is 0 Å². The van der Waals surface area contributed by atoms with Crippen LogP contribution in [0.5, 0.6) is 0 Å². The van der Waals surface area contributed by atoms with Crippen molar-refractivity contribution in [2.45, 2.75) is 0 Å². The van der Waals surface area contributed by atoms with Crippen molar-refractivity contribution in [2.75, 3.05) is 12.7 Å². The van der Waals surface area contributed by atoms with Crippen LogP contribution in [0, 0.1) is 0 Å². The zero-order valence-electron chi connectivity index (χ0n) is 2.72. The number of aliphatic hydroxyl groups excluding tert-OH is 1. The van der Waals surface area contributed by atoms with Crippen molar-refractivity contribution in [1.82, 2.24) is 0 Å². The SMILES string of the molecule is OCOCS. The Morgan fingerprint density at radius 1 is 1.80 bits per heavy atom. The first kappa shape index (κ1) is 5.27. The number of hydrogen-bond acceptors (Lipinski definition) is 3. The number of hydrogen-bond donors (Lipinski definition) is 2. The molecule has 0 aromatic carbocycles. The summed E-state index contributed by atoms with van der Waals surface area (Å²) >= 11 is 3.62. The summed E-state index contributed by atoms with van der Waals surface area (Å²) in [6, 6.07) is 0. The Hall–Kier alpha value is 0.270. The van der Waals surface area contributed by atoms with E-state index in [9.17, 15) is 0 Å². The van der Waals surface area contributed by atoms with E-state index in [1.807, 2.05) is 0 Å². The molecule has 0 radical (unpaired) electrons. The number of thiol groups is 1. The van der Waals surface area contributed by atoms with Gasteiger partial charge in [0.2, 0.25) is 0 Å². The molecular weight excluding hydrogens is 88.1 g/mol. The highest BCUT2D eigenvalue weighted by Crippen LogP contribution is 1.70. The van der Waals surface area contributed by atoms with E-state index < -0.39 is 0 Å². The van der Waals surface area contributed by atoms with Crippen LogP contribution in [0.3, 0.4) is 0 Å². The van der Waals surface area contributed by atoms with Crippen molar-refractivity contribution in [3.8, 4) is 0 Å². The quantitative estimate of drug-likeness (QED) is 0.368. The molecule has 0 unspecified atom stereocenters. The van der Waals surface area contributed by atoms with E-state index >= 15 is 0 Å². The predicted molar refractivity (Wildman–Crippen MR) is 22.0 cm³/mol. The highest BCUT2D eigenvalue weighted by molar-refractivity contribution is 7.80. The third kappa shape index (κ3) is 4.27. The molecule has 0 saturated carbocycles. The monoisotopic (exact) mass is 94.0 g/mol. The lowest BCUT2D eigenvalue weighted by atomic mass is 11.4. The fourth-order valence-corrected chi connectivity index (χ4v) is 0.122. The zero-order chi connectivity index (χ0) is 4.12. The van der Waals surface area contributed by atoms with Crippen LogP contribution in [0.4, 0.5) is 0 Å². The Morgan fingerprint density at radius 2 is 2.40 bits per heavy atom. The largest absolute Gasteiger partial charge is 0.371 e. The molecule has 0 saturated heterocycles. The van der Waals surface area contributed by atoms with E-state index in [2.05, 4.69) is 17.4 Å². The van der Waals surface area contributed by atoms with Crippen LogP contribution in [-0.2, 0) is 4.74 Å². The zero-order valence-corrected chi connectivity index (χ0v) is 3.61. The third-order valence-electron chi connectivity index (χ3n) is 0.183. The lowest BCUT2D eigenvalue weighted by Crippen LogP contribution is -1.85. The summed E-state index contributed by atoms with van der Waals surface area (Å²) in [5.41, 5.74) is 0. The maximum atomic E-state index is 7.80. The van der Waals surface area contributed by atoms with Gasteiger partial charge in [0, 0.05) is 0 Å². The average Bonchev–Trinajstić information content (AvgIpc) is 1.41. The molecule has 2 nitrogen and oxygen atoms in total. The first-order valence-corrected chi connectivity index (χ1v) is 1.84. The Kier molecular flexibility index (Phi) is 4.50. The topological polar surface area (TPSA) is 29.5 Å². The summed E-state index contributed by atoms with van der Waals surface area (Å²) < 4.78 is 4.25. The highest BCUT2D eigenvalue weighted by atomic mass is 32.1. The summed E-state index contributed by atoms with van der Waals surface area (Å²) in [6.45, 7) is -0.233. The summed E-state index contributed by atoms with van der Waals surface area (Å²) in [4.78, 5) is 0. The molecule has 0 atom stereocenters. The Balaban J connectivity index is 2.19. The standard InChI is InChI=1S/C2H6O2S/c3-1-4-2-5/h3,5H,1-2H2. The van der Waals surface area contributed by atoms with Gasteiger partial charge in [0.1, 0.15) is 6.79 Å². The van der Waals surface area contributed by atoms with E-state index in [0.29, 0.717) is 0 Å². The lowest BCUT2D eigenvalue weighted by Gasteiger charge is -1.85. The van der Waals surface area contributed by atoms with Crippen molar-refractivity contribution in [3.63, 3.8) is 0 Å². The molecule has 0 heterocycles. The smallest absolute Gasteiger partial charge is 0.144 e. The second-order valence-corrected chi connectivity index (χ2v) is 0.721. The summed E-state index contributed by atoms with van der Waals surface area (Å²) in [6.07, 6.45) is 0. The van der Waals surface area contributed by atoms with E-state index in [0.717, 1.165) is 0 Å². The Morgan fingerprint density at radius 3 is 2.40 bits per heavy atom. The Labute approximate surface area is 36.2 Å². The van der Waals surface area contributed by atoms with E-state index in [-0.39, 0.29) is 12.7 Å². The van der Waals surface area contributed by atoms with E-state index in [1.165, 1.54) is 0 Å². The molecule has 0 aliphatic heterocycles. The maximum Gasteiger partial charge on any atom is 0.144 e. The summed E-state index contributed by atoms with van der Waals surface area (Å²) in [5, 5.41) is 7.80. The minimum absolute atomic E-state index is 0.233. The van der Waals surface area contributed by atoms with Crippen LogP contribution in [0.15, 0.2) is 0 Å². The van der Waals surface area contributed by atoms with E-state index in [4.69, 9.17) is 5.11 Å². The number of rotatable bonds is 2. The maximum absolute atomic E-state index is 7.80. The summed E-state index contributed by atoms with van der Waals surface area (Å²) in [7, 11) is 0. The van der Waals surface area contributed by atoms with Gasteiger partial charge in [0.25, 0.3) is 0 Å². The van der Waals surface area contributed by atoms with Crippen molar-refractivity contribution in [1.29, 1.82) is 0 Å². The van der Waals surface area contributed by atoms with Gasteiger partial charge in [-0.15, -0.1) is 0 Å². The molecule has 0 spiro atoms. The molecular formula is C2H6O2S. The molecule has 0 aromatic heterocycles. The normalized spacial score (nSPS) is 8.40. The van der Waals surface area contributed by atoms with Crippen molar-refractivity contribution >= 4 is 12.6 Å². The van der Waals surface area contributed by atoms with Gasteiger partial charge in [0.15, 0.2) is 0 Å². The van der Waals surface area contributed by atoms with Crippen LogP contribution >= 0.6 is 12.6 Å². The van der Waals surface area contributed by atoms with Gasteiger partial charge >= 0.3 is 0 Å². The predicted octanol–water partition coefficient (Wildman–Crippen LogP) is -0.160. The first-order valence-electron chi connectivity index (χ1n) is 1.21. The van der Waals surface area contributed by atoms with Crippen molar-refractivity contribution in [3.05, 3.63) is 0 Å². The molecule has 0 bridgehead atoms. The fraction of sp³-hybridized carbons (Fsp3) is 1.00. The minimum atomic E-state index is -0.233.